The topological polar surface area (TPSA) is 97.6 Å². The largest absolute Gasteiger partial charge is 0.462 e. The summed E-state index contributed by atoms with van der Waals surface area (Å²) in [6, 6.07) is 0. The van der Waals surface area contributed by atoms with Gasteiger partial charge in [-0.3, -0.25) is 14.6 Å². The third kappa shape index (κ3) is 4.71. The maximum atomic E-state index is 12.8. The Labute approximate surface area is 187 Å². The van der Waals surface area contributed by atoms with Crippen LogP contribution in [0.1, 0.15) is 51.6 Å². The van der Waals surface area contributed by atoms with E-state index in [1.54, 1.807) is 22.8 Å². The average Bonchev–Trinajstić information content (AvgIpc) is 3.06. The number of piperazine rings is 1. The third-order valence-corrected chi connectivity index (χ3v) is 5.68. The summed E-state index contributed by atoms with van der Waals surface area (Å²) < 4.78 is 7.26. The lowest BCUT2D eigenvalue weighted by atomic mass is 10.1. The standard InChI is InChI=1S/C23H29N5O4/c1-5-28-16(3)18(21(17(28)4)23(31)32-6-2)7-8-20(29)26-11-13-27(14-12-26)22(30)19-15-24-9-10-25-19/h7-10,15H,5-6,11-14H2,1-4H3/b8-7+. The summed E-state index contributed by atoms with van der Waals surface area (Å²) in [5.74, 6) is -0.733. The van der Waals surface area contributed by atoms with Gasteiger partial charge in [0.15, 0.2) is 0 Å². The van der Waals surface area contributed by atoms with Crippen molar-refractivity contribution in [2.75, 3.05) is 32.8 Å². The minimum Gasteiger partial charge on any atom is -0.462 e. The Hall–Kier alpha value is -3.49. The molecule has 0 spiro atoms. The molecule has 2 aromatic heterocycles. The molecule has 9 nitrogen and oxygen atoms in total. The number of amides is 2. The molecular formula is C23H29N5O4. The van der Waals surface area contributed by atoms with Crippen molar-refractivity contribution in [1.29, 1.82) is 0 Å². The lowest BCUT2D eigenvalue weighted by molar-refractivity contribution is -0.127. The molecule has 1 saturated heterocycles. The number of ether oxygens (including phenoxy) is 1. The van der Waals surface area contributed by atoms with Gasteiger partial charge in [0.2, 0.25) is 5.91 Å². The Morgan fingerprint density at radius 3 is 2.31 bits per heavy atom. The molecule has 2 amide bonds. The van der Waals surface area contributed by atoms with Crippen molar-refractivity contribution in [3.63, 3.8) is 0 Å². The lowest BCUT2D eigenvalue weighted by Gasteiger charge is -2.34. The maximum absolute atomic E-state index is 12.8. The van der Waals surface area contributed by atoms with E-state index in [1.165, 1.54) is 24.7 Å². The van der Waals surface area contributed by atoms with Crippen LogP contribution in [0.3, 0.4) is 0 Å². The number of hydrogen-bond acceptors (Lipinski definition) is 6. The monoisotopic (exact) mass is 439 g/mol. The number of hydrogen-bond donors (Lipinski definition) is 0. The minimum atomic E-state index is -0.386. The number of rotatable bonds is 6. The first kappa shape index (κ1) is 23.2. The van der Waals surface area contributed by atoms with Crippen LogP contribution >= 0.6 is 0 Å². The fraction of sp³-hybridized carbons (Fsp3) is 0.435. The third-order valence-electron chi connectivity index (χ3n) is 5.68. The van der Waals surface area contributed by atoms with E-state index >= 15 is 0 Å². The van der Waals surface area contributed by atoms with Gasteiger partial charge in [-0.1, -0.05) is 0 Å². The molecule has 32 heavy (non-hydrogen) atoms. The van der Waals surface area contributed by atoms with Crippen LogP contribution in [-0.4, -0.2) is 74.9 Å². The van der Waals surface area contributed by atoms with Crippen LogP contribution in [0.25, 0.3) is 6.08 Å². The molecule has 0 saturated carbocycles. The first-order chi connectivity index (χ1) is 15.4. The van der Waals surface area contributed by atoms with E-state index in [0.717, 1.165) is 11.4 Å². The van der Waals surface area contributed by atoms with Crippen molar-refractivity contribution in [3.8, 4) is 0 Å². The van der Waals surface area contributed by atoms with Crippen molar-refractivity contribution in [1.82, 2.24) is 24.3 Å². The highest BCUT2D eigenvalue weighted by Crippen LogP contribution is 2.25. The molecule has 0 aliphatic carbocycles. The summed E-state index contributed by atoms with van der Waals surface area (Å²) in [6.45, 7) is 10.3. The zero-order valence-electron chi connectivity index (χ0n) is 19.0. The minimum absolute atomic E-state index is 0.160. The van der Waals surface area contributed by atoms with Gasteiger partial charge in [0.05, 0.1) is 18.4 Å². The number of esters is 1. The fourth-order valence-corrected chi connectivity index (χ4v) is 4.01. The quantitative estimate of drug-likeness (QED) is 0.505. The van der Waals surface area contributed by atoms with Gasteiger partial charge in [0.25, 0.3) is 5.91 Å². The van der Waals surface area contributed by atoms with E-state index in [-0.39, 0.29) is 24.4 Å². The van der Waals surface area contributed by atoms with Gasteiger partial charge < -0.3 is 19.1 Å². The number of carbonyl (C=O) groups is 3. The van der Waals surface area contributed by atoms with Gasteiger partial charge in [-0.2, -0.15) is 0 Å². The van der Waals surface area contributed by atoms with Crippen LogP contribution in [0.5, 0.6) is 0 Å². The van der Waals surface area contributed by atoms with Crippen LogP contribution in [0.4, 0.5) is 0 Å². The van der Waals surface area contributed by atoms with Gasteiger partial charge in [-0.15, -0.1) is 0 Å². The normalized spacial score (nSPS) is 14.1. The van der Waals surface area contributed by atoms with E-state index in [2.05, 4.69) is 9.97 Å². The summed E-state index contributed by atoms with van der Waals surface area (Å²) in [6.07, 6.45) is 7.63. The predicted octanol–water partition coefficient (Wildman–Crippen LogP) is 2.09. The highest BCUT2D eigenvalue weighted by Gasteiger charge is 2.26. The molecule has 170 valence electrons. The molecular weight excluding hydrogens is 410 g/mol. The predicted molar refractivity (Wildman–Crippen MR) is 119 cm³/mol. The van der Waals surface area contributed by atoms with Crippen LogP contribution in [0, 0.1) is 13.8 Å². The Bertz CT molecular complexity index is 1020. The van der Waals surface area contributed by atoms with Crippen molar-refractivity contribution in [2.45, 2.75) is 34.2 Å². The van der Waals surface area contributed by atoms with Crippen LogP contribution < -0.4 is 0 Å². The number of aromatic nitrogens is 3. The molecule has 0 radical (unpaired) electrons. The molecule has 2 aromatic rings. The van der Waals surface area contributed by atoms with Gasteiger partial charge in [-0.25, -0.2) is 9.78 Å². The van der Waals surface area contributed by atoms with E-state index < -0.39 is 0 Å². The average molecular weight is 440 g/mol. The van der Waals surface area contributed by atoms with Gasteiger partial charge in [-0.05, 0) is 33.8 Å². The van der Waals surface area contributed by atoms with Crippen molar-refractivity contribution < 1.29 is 19.1 Å². The zero-order valence-corrected chi connectivity index (χ0v) is 19.0. The summed E-state index contributed by atoms with van der Waals surface area (Å²) >= 11 is 0. The van der Waals surface area contributed by atoms with E-state index in [1.807, 2.05) is 25.3 Å². The van der Waals surface area contributed by atoms with Crippen LogP contribution in [0.2, 0.25) is 0 Å². The first-order valence-corrected chi connectivity index (χ1v) is 10.8. The maximum Gasteiger partial charge on any atom is 0.340 e. The molecule has 0 bridgehead atoms. The smallest absolute Gasteiger partial charge is 0.340 e. The first-order valence-electron chi connectivity index (χ1n) is 10.8. The molecule has 0 unspecified atom stereocenters. The van der Waals surface area contributed by atoms with Gasteiger partial charge >= 0.3 is 5.97 Å². The van der Waals surface area contributed by atoms with E-state index in [0.29, 0.717) is 49.5 Å². The molecule has 1 aliphatic heterocycles. The highest BCUT2D eigenvalue weighted by atomic mass is 16.5. The summed E-state index contributed by atoms with van der Waals surface area (Å²) in [5.41, 5.74) is 3.23. The van der Waals surface area contributed by atoms with Gasteiger partial charge in [0, 0.05) is 68.1 Å². The van der Waals surface area contributed by atoms with E-state index in [9.17, 15) is 14.4 Å². The van der Waals surface area contributed by atoms with Crippen LogP contribution in [-0.2, 0) is 16.1 Å². The lowest BCUT2D eigenvalue weighted by Crippen LogP contribution is -2.50. The molecule has 1 aliphatic rings. The molecule has 0 aromatic carbocycles. The second-order valence-electron chi connectivity index (χ2n) is 7.47. The SMILES string of the molecule is CCOC(=O)c1c(/C=C/C(=O)N2CCN(C(=O)c3cnccn3)CC2)c(C)n(CC)c1C. The highest BCUT2D eigenvalue weighted by molar-refractivity contribution is 5.99. The van der Waals surface area contributed by atoms with Gasteiger partial charge in [0.1, 0.15) is 5.69 Å². The van der Waals surface area contributed by atoms with Crippen molar-refractivity contribution >= 4 is 23.9 Å². The summed E-state index contributed by atoms with van der Waals surface area (Å²) in [4.78, 5) is 49.2. The molecule has 1 fully saturated rings. The van der Waals surface area contributed by atoms with E-state index in [4.69, 9.17) is 4.74 Å². The number of nitrogens with zero attached hydrogens (tertiary/aromatic N) is 5. The molecule has 3 rings (SSSR count). The summed E-state index contributed by atoms with van der Waals surface area (Å²) in [7, 11) is 0. The molecule has 0 atom stereocenters. The molecule has 3 heterocycles. The summed E-state index contributed by atoms with van der Waals surface area (Å²) in [5, 5.41) is 0. The molecule has 9 heteroatoms. The molecule has 0 N–H and O–H groups in total. The second-order valence-corrected chi connectivity index (χ2v) is 7.47. The Balaban J connectivity index is 1.70. The Morgan fingerprint density at radius 2 is 1.72 bits per heavy atom. The Morgan fingerprint density at radius 1 is 1.03 bits per heavy atom. The fourth-order valence-electron chi connectivity index (χ4n) is 4.01. The second kappa shape index (κ2) is 10.2. The van der Waals surface area contributed by atoms with Crippen molar-refractivity contribution in [2.24, 2.45) is 0 Å². The van der Waals surface area contributed by atoms with Crippen LogP contribution in [0.15, 0.2) is 24.7 Å². The number of carbonyl (C=O) groups excluding carboxylic acids is 3. The van der Waals surface area contributed by atoms with Crippen molar-refractivity contribution in [3.05, 3.63) is 52.9 Å². The Kier molecular flexibility index (Phi) is 7.40. The zero-order chi connectivity index (χ0) is 23.3.